The topological polar surface area (TPSA) is 59.2 Å². The fourth-order valence-electron chi connectivity index (χ4n) is 3.02. The average Bonchev–Trinajstić information content (AvgIpc) is 3.12. The molecule has 0 bridgehead atoms. The number of Topliss-reactive ketones (excluding diaryl/α,β-unsaturated/α-hetero) is 1. The number of esters is 1. The summed E-state index contributed by atoms with van der Waals surface area (Å²) in [5, 5.41) is 0.466. The maximum atomic E-state index is 13.3. The smallest absolute Gasteiger partial charge is 0.315 e. The summed E-state index contributed by atoms with van der Waals surface area (Å²) in [5.74, 6) is -0.217. The summed E-state index contributed by atoms with van der Waals surface area (Å²) in [4.78, 5) is 28.2. The summed E-state index contributed by atoms with van der Waals surface area (Å²) in [6, 6.07) is 15.6. The van der Waals surface area contributed by atoms with Gasteiger partial charge in [-0.25, -0.2) is 0 Å². The van der Waals surface area contributed by atoms with Crippen molar-refractivity contribution in [1.29, 1.82) is 0 Å². The Kier molecular flexibility index (Phi) is 5.78. The molecular weight excluding hydrogens is 346 g/mol. The minimum Gasteiger partial charge on any atom is -0.468 e. The predicted octanol–water partition coefficient (Wildman–Crippen LogP) is 4.56. The number of carbonyl (C=O) groups excluding carboxylic acids is 2. The Balaban J connectivity index is 1.98. The number of carbonyl (C=O) groups is 2. The van der Waals surface area contributed by atoms with Gasteiger partial charge in [-0.3, -0.25) is 9.59 Å². The Labute approximate surface area is 156 Å². The van der Waals surface area contributed by atoms with Crippen molar-refractivity contribution >= 4 is 34.4 Å². The standard InChI is InChI=1S/C21H21NO3S/c1-3-14-10-7-11-16-17(12-22-19(14)16)20(24)21(26-13-18(23)25-2)15-8-5-4-6-9-15/h4-12,21-22H,3,13H2,1-2H3/t21-/m0/s1. The third-order valence-corrected chi connectivity index (χ3v) is 5.61. The molecule has 3 aromatic rings. The number of hydrogen-bond donors (Lipinski definition) is 1. The number of aromatic amines is 1. The normalized spacial score (nSPS) is 12.1. The molecule has 1 atom stereocenters. The molecule has 1 heterocycles. The van der Waals surface area contributed by atoms with E-state index in [4.69, 9.17) is 4.74 Å². The van der Waals surface area contributed by atoms with Crippen molar-refractivity contribution in [2.75, 3.05) is 12.9 Å². The second-order valence-electron chi connectivity index (χ2n) is 5.94. The van der Waals surface area contributed by atoms with Crippen LogP contribution in [0.5, 0.6) is 0 Å². The molecule has 0 saturated carbocycles. The zero-order valence-corrected chi connectivity index (χ0v) is 15.6. The molecule has 2 aromatic carbocycles. The fraction of sp³-hybridized carbons (Fsp3) is 0.238. The highest BCUT2D eigenvalue weighted by atomic mass is 32.2. The Morgan fingerprint density at radius 2 is 1.88 bits per heavy atom. The molecule has 1 aromatic heterocycles. The molecule has 0 aliphatic rings. The van der Waals surface area contributed by atoms with Crippen LogP contribution in [0.2, 0.25) is 0 Å². The highest BCUT2D eigenvalue weighted by Gasteiger charge is 2.26. The van der Waals surface area contributed by atoms with E-state index in [9.17, 15) is 9.59 Å². The van der Waals surface area contributed by atoms with Crippen LogP contribution in [-0.2, 0) is 16.0 Å². The van der Waals surface area contributed by atoms with Crippen LogP contribution < -0.4 is 0 Å². The molecule has 0 unspecified atom stereocenters. The number of aromatic nitrogens is 1. The van der Waals surface area contributed by atoms with Crippen LogP contribution >= 0.6 is 11.8 Å². The van der Waals surface area contributed by atoms with Crippen LogP contribution in [0.3, 0.4) is 0 Å². The van der Waals surface area contributed by atoms with Gasteiger partial charge in [-0.2, -0.15) is 0 Å². The van der Waals surface area contributed by atoms with Crippen LogP contribution in [0.25, 0.3) is 10.9 Å². The molecule has 134 valence electrons. The lowest BCUT2D eigenvalue weighted by atomic mass is 10.0. The number of methoxy groups -OCH3 is 1. The van der Waals surface area contributed by atoms with Gasteiger partial charge in [0.15, 0.2) is 5.78 Å². The third kappa shape index (κ3) is 3.68. The van der Waals surface area contributed by atoms with E-state index in [2.05, 4.69) is 18.0 Å². The predicted molar refractivity (Wildman–Crippen MR) is 106 cm³/mol. The van der Waals surface area contributed by atoms with E-state index in [1.807, 2.05) is 42.5 Å². The lowest BCUT2D eigenvalue weighted by molar-refractivity contribution is -0.137. The lowest BCUT2D eigenvalue weighted by Gasteiger charge is -2.15. The third-order valence-electron chi connectivity index (χ3n) is 4.38. The second kappa shape index (κ2) is 8.23. The molecular formula is C21H21NO3S. The average molecular weight is 367 g/mol. The molecule has 0 fully saturated rings. The number of fused-ring (bicyclic) bond motifs is 1. The molecule has 0 amide bonds. The first-order valence-electron chi connectivity index (χ1n) is 8.52. The van der Waals surface area contributed by atoms with Gasteiger partial charge in [-0.1, -0.05) is 55.5 Å². The van der Waals surface area contributed by atoms with Crippen LogP contribution in [0.15, 0.2) is 54.7 Å². The maximum Gasteiger partial charge on any atom is 0.315 e. The summed E-state index contributed by atoms with van der Waals surface area (Å²) in [7, 11) is 1.36. The van der Waals surface area contributed by atoms with E-state index in [1.54, 1.807) is 6.20 Å². The Bertz CT molecular complexity index is 917. The van der Waals surface area contributed by atoms with Crippen molar-refractivity contribution in [3.05, 3.63) is 71.4 Å². The van der Waals surface area contributed by atoms with Gasteiger partial charge in [-0.05, 0) is 17.5 Å². The molecule has 0 spiro atoms. The quantitative estimate of drug-likeness (QED) is 0.491. The van der Waals surface area contributed by atoms with Gasteiger partial charge in [0.25, 0.3) is 0 Å². The molecule has 26 heavy (non-hydrogen) atoms. The number of benzene rings is 2. The van der Waals surface area contributed by atoms with Gasteiger partial charge >= 0.3 is 5.97 Å². The van der Waals surface area contributed by atoms with Crippen molar-refractivity contribution in [3.63, 3.8) is 0 Å². The minimum absolute atomic E-state index is 0.00962. The summed E-state index contributed by atoms with van der Waals surface area (Å²) in [5.41, 5.74) is 3.72. The Morgan fingerprint density at radius 1 is 1.12 bits per heavy atom. The Morgan fingerprint density at radius 3 is 2.58 bits per heavy atom. The fourth-order valence-corrected chi connectivity index (χ4v) is 4.07. The van der Waals surface area contributed by atoms with Gasteiger partial charge in [0.2, 0.25) is 0 Å². The number of nitrogens with one attached hydrogen (secondary N) is 1. The van der Waals surface area contributed by atoms with Gasteiger partial charge in [0.1, 0.15) is 0 Å². The summed E-state index contributed by atoms with van der Waals surface area (Å²) in [6.45, 7) is 2.09. The molecule has 4 nitrogen and oxygen atoms in total. The van der Waals surface area contributed by atoms with Gasteiger partial charge in [-0.15, -0.1) is 11.8 Å². The number of ketones is 1. The van der Waals surface area contributed by atoms with Gasteiger partial charge in [0.05, 0.1) is 18.1 Å². The minimum atomic E-state index is -0.459. The van der Waals surface area contributed by atoms with Crippen molar-refractivity contribution < 1.29 is 14.3 Å². The molecule has 5 heteroatoms. The summed E-state index contributed by atoms with van der Waals surface area (Å²) in [6.07, 6.45) is 2.67. The number of rotatable bonds is 7. The van der Waals surface area contributed by atoms with Crippen molar-refractivity contribution in [2.24, 2.45) is 0 Å². The highest BCUT2D eigenvalue weighted by molar-refractivity contribution is 8.00. The van der Waals surface area contributed by atoms with Crippen molar-refractivity contribution in [3.8, 4) is 0 Å². The first kappa shape index (κ1) is 18.3. The molecule has 0 aliphatic heterocycles. The molecule has 0 radical (unpaired) electrons. The van der Waals surface area contributed by atoms with Gasteiger partial charge < -0.3 is 9.72 Å². The lowest BCUT2D eigenvalue weighted by Crippen LogP contribution is -2.13. The van der Waals surface area contributed by atoms with Crippen LogP contribution in [0.1, 0.15) is 33.7 Å². The maximum absolute atomic E-state index is 13.3. The van der Waals surface area contributed by atoms with Crippen LogP contribution in [-0.4, -0.2) is 29.6 Å². The van der Waals surface area contributed by atoms with Crippen LogP contribution in [0.4, 0.5) is 0 Å². The number of ether oxygens (including phenoxy) is 1. The van der Waals surface area contributed by atoms with Crippen LogP contribution in [0, 0.1) is 0 Å². The second-order valence-corrected chi connectivity index (χ2v) is 7.03. The zero-order chi connectivity index (χ0) is 18.5. The van der Waals surface area contributed by atoms with Gasteiger partial charge in [0, 0.05) is 22.7 Å². The van der Waals surface area contributed by atoms with E-state index in [1.165, 1.54) is 24.4 Å². The van der Waals surface area contributed by atoms with E-state index < -0.39 is 5.25 Å². The first-order chi connectivity index (χ1) is 12.7. The Hall–Kier alpha value is -2.53. The number of hydrogen-bond acceptors (Lipinski definition) is 4. The van der Waals surface area contributed by atoms with E-state index in [0.717, 1.165) is 22.9 Å². The molecule has 0 aliphatic carbocycles. The molecule has 3 rings (SSSR count). The summed E-state index contributed by atoms with van der Waals surface area (Å²) < 4.78 is 4.73. The number of aryl methyl sites for hydroxylation is 1. The zero-order valence-electron chi connectivity index (χ0n) is 14.8. The first-order valence-corrected chi connectivity index (χ1v) is 9.57. The largest absolute Gasteiger partial charge is 0.468 e. The number of H-pyrrole nitrogens is 1. The highest BCUT2D eigenvalue weighted by Crippen LogP contribution is 2.35. The molecule has 1 N–H and O–H groups in total. The number of para-hydroxylation sites is 1. The number of thioether (sulfide) groups is 1. The van der Waals surface area contributed by atoms with Crippen molar-refractivity contribution in [2.45, 2.75) is 18.6 Å². The summed E-state index contributed by atoms with van der Waals surface area (Å²) >= 11 is 1.29. The SMILES string of the molecule is CCc1cccc2c(C(=O)[C@@H](SCC(=O)OC)c3ccccc3)c[nH]c12. The molecule has 0 saturated heterocycles. The monoisotopic (exact) mass is 367 g/mol. The van der Waals surface area contributed by atoms with E-state index in [0.29, 0.717) is 5.56 Å². The van der Waals surface area contributed by atoms with Crippen molar-refractivity contribution in [1.82, 2.24) is 4.98 Å². The van der Waals surface area contributed by atoms with E-state index >= 15 is 0 Å². The van der Waals surface area contributed by atoms with E-state index in [-0.39, 0.29) is 17.5 Å².